The Morgan fingerprint density at radius 3 is 2.61 bits per heavy atom. The van der Waals surface area contributed by atoms with Gasteiger partial charge in [-0.2, -0.15) is 0 Å². The van der Waals surface area contributed by atoms with Gasteiger partial charge in [0.2, 0.25) is 6.10 Å². The fourth-order valence-electron chi connectivity index (χ4n) is 6.38. The second-order valence-corrected chi connectivity index (χ2v) is 16.1. The molecule has 3 atom stereocenters. The number of ether oxygens (including phenoxy) is 2. The number of hydrogen-bond donors (Lipinski definition) is 6. The van der Waals surface area contributed by atoms with Crippen LogP contribution >= 0.6 is 34.9 Å². The van der Waals surface area contributed by atoms with Crippen molar-refractivity contribution in [1.82, 2.24) is 25.2 Å². The zero-order valence-corrected chi connectivity index (χ0v) is 33.5. The number of thioether (sulfide) groups is 2. The molecule has 2 aliphatic heterocycles. The molecular weight excluding hydrogens is 825 g/mol. The van der Waals surface area contributed by atoms with Crippen molar-refractivity contribution in [3.05, 3.63) is 99.3 Å². The minimum atomic E-state index is -1.82. The summed E-state index contributed by atoms with van der Waals surface area (Å²) in [6, 6.07) is 9.04. The third kappa shape index (κ3) is 8.91. The van der Waals surface area contributed by atoms with E-state index in [0.717, 1.165) is 54.0 Å². The first-order chi connectivity index (χ1) is 28.4. The maximum atomic E-state index is 13.9. The van der Waals surface area contributed by atoms with Crippen LogP contribution in [0.15, 0.2) is 81.6 Å². The van der Waals surface area contributed by atoms with Crippen molar-refractivity contribution >= 4 is 75.3 Å². The number of carbonyl (C=O) groups excluding carboxylic acids is 3. The second kappa shape index (κ2) is 17.7. The van der Waals surface area contributed by atoms with Crippen molar-refractivity contribution in [3.63, 3.8) is 0 Å². The molecule has 0 saturated carbocycles. The first-order valence-corrected chi connectivity index (χ1v) is 20.8. The van der Waals surface area contributed by atoms with Gasteiger partial charge in [0.05, 0.1) is 12.8 Å². The topological polar surface area (TPSA) is 275 Å². The minimum absolute atomic E-state index is 0.0167. The van der Waals surface area contributed by atoms with Gasteiger partial charge >= 0.3 is 11.9 Å². The van der Waals surface area contributed by atoms with Crippen LogP contribution in [-0.2, 0) is 48.2 Å². The number of allylic oxidation sites excluding steroid dienone is 1. The fraction of sp³-hybridized carbons (Fsp3) is 0.263. The Bertz CT molecular complexity index is 2400. The van der Waals surface area contributed by atoms with Gasteiger partial charge in [-0.1, -0.05) is 47.3 Å². The molecule has 2 aromatic carbocycles. The van der Waals surface area contributed by atoms with Crippen LogP contribution in [0.4, 0.5) is 10.9 Å². The molecule has 4 aromatic rings. The highest BCUT2D eigenvalue weighted by Gasteiger charge is 2.54. The number of esters is 1. The number of aromatic hydroxyl groups is 2. The number of nitrogens with zero attached hydrogens (tertiary/aromatic N) is 5. The summed E-state index contributed by atoms with van der Waals surface area (Å²) >= 11 is 3.66. The Morgan fingerprint density at radius 2 is 1.90 bits per heavy atom. The average molecular weight is 861 g/mol. The molecule has 1 saturated heterocycles. The fourth-order valence-corrected chi connectivity index (χ4v) is 8.93. The summed E-state index contributed by atoms with van der Waals surface area (Å²) < 4.78 is 10.9. The summed E-state index contributed by atoms with van der Waals surface area (Å²) in [5, 5.41) is 37.2. The van der Waals surface area contributed by atoms with E-state index >= 15 is 0 Å². The highest BCUT2D eigenvalue weighted by Crippen LogP contribution is 2.41. The molecule has 0 spiro atoms. The monoisotopic (exact) mass is 860 g/mol. The Kier molecular flexibility index (Phi) is 12.2. The third-order valence-corrected chi connectivity index (χ3v) is 12.1. The van der Waals surface area contributed by atoms with Crippen LogP contribution in [0.5, 0.6) is 17.2 Å². The lowest BCUT2D eigenvalue weighted by Crippen LogP contribution is -2.71. The summed E-state index contributed by atoms with van der Waals surface area (Å²) in [6.07, 6.45) is 4.46. The molecule has 306 valence electrons. The van der Waals surface area contributed by atoms with E-state index in [0.29, 0.717) is 33.6 Å². The van der Waals surface area contributed by atoms with Crippen LogP contribution in [0.3, 0.4) is 0 Å². The molecule has 1 fully saturated rings. The van der Waals surface area contributed by atoms with Gasteiger partial charge in [-0.05, 0) is 54.7 Å². The summed E-state index contributed by atoms with van der Waals surface area (Å²) in [5.41, 5.74) is 14.5. The molecule has 0 bridgehead atoms. The van der Waals surface area contributed by atoms with Crippen LogP contribution in [0.25, 0.3) is 0 Å². The zero-order valence-electron chi connectivity index (χ0n) is 31.1. The molecule has 1 unspecified atom stereocenters. The van der Waals surface area contributed by atoms with Crippen molar-refractivity contribution in [2.75, 3.05) is 30.1 Å². The number of nitrogen functional groups attached to an aromatic ring is 2. The first-order valence-electron chi connectivity index (χ1n) is 17.8. The van der Waals surface area contributed by atoms with Crippen molar-refractivity contribution in [2.45, 2.75) is 48.5 Å². The number of carbonyl (C=O) groups is 4. The highest BCUT2D eigenvalue weighted by atomic mass is 32.2. The summed E-state index contributed by atoms with van der Waals surface area (Å²) in [4.78, 5) is 73.4. The highest BCUT2D eigenvalue weighted by molar-refractivity contribution is 8.00. The maximum absolute atomic E-state index is 13.9. The number of phenols is 2. The van der Waals surface area contributed by atoms with Crippen LogP contribution < -0.4 is 21.5 Å². The SMILES string of the molecule is COc1ccc(COC(=O)C2=C(/C=C/CSc3nc(N)c4c(n3)CCC4)CS[C@@H]3[C@H](NC(=O)/C(=N\OC(C(=O)O)c4ccc(O)c(O)c4)c4csc(N)n4)C(=O)N23)cc1. The molecule has 59 heavy (non-hydrogen) atoms. The van der Waals surface area contributed by atoms with E-state index in [2.05, 4.69) is 25.4 Å². The van der Waals surface area contributed by atoms with Crippen molar-refractivity contribution in [1.29, 1.82) is 0 Å². The predicted octanol–water partition coefficient (Wildman–Crippen LogP) is 3.30. The van der Waals surface area contributed by atoms with Gasteiger partial charge in [0, 0.05) is 28.0 Å². The summed E-state index contributed by atoms with van der Waals surface area (Å²) in [5.74, 6) is -3.11. The Labute approximate surface area is 348 Å². The van der Waals surface area contributed by atoms with Gasteiger partial charge in [-0.15, -0.1) is 23.1 Å². The van der Waals surface area contributed by atoms with Gasteiger partial charge in [-0.25, -0.2) is 24.5 Å². The minimum Gasteiger partial charge on any atom is -0.504 e. The zero-order chi connectivity index (χ0) is 41.8. The Morgan fingerprint density at radius 1 is 1.10 bits per heavy atom. The number of methoxy groups -OCH3 is 1. The van der Waals surface area contributed by atoms with Gasteiger partial charge in [0.25, 0.3) is 11.8 Å². The third-order valence-electron chi connectivity index (χ3n) is 9.33. The predicted molar refractivity (Wildman–Crippen MR) is 217 cm³/mol. The molecule has 2 amide bonds. The van der Waals surface area contributed by atoms with Crippen molar-refractivity contribution in [2.24, 2.45) is 5.16 Å². The number of hydrogen-bond acceptors (Lipinski definition) is 18. The number of fused-ring (bicyclic) bond motifs is 2. The van der Waals surface area contributed by atoms with E-state index in [1.54, 1.807) is 37.5 Å². The van der Waals surface area contributed by atoms with Crippen LogP contribution in [0.2, 0.25) is 0 Å². The number of rotatable bonds is 15. The molecule has 18 nitrogen and oxygen atoms in total. The lowest BCUT2D eigenvalue weighted by Gasteiger charge is -2.49. The number of aromatic nitrogens is 3. The number of phenolic OH excluding ortho intramolecular Hbond substituents is 2. The maximum Gasteiger partial charge on any atom is 0.355 e. The van der Waals surface area contributed by atoms with Crippen molar-refractivity contribution in [3.8, 4) is 17.2 Å². The molecule has 0 radical (unpaired) electrons. The van der Waals surface area contributed by atoms with Crippen LogP contribution in [0, 0.1) is 0 Å². The number of amides is 2. The van der Waals surface area contributed by atoms with E-state index in [4.69, 9.17) is 25.8 Å². The molecule has 7 rings (SSSR count). The number of anilines is 2. The summed E-state index contributed by atoms with van der Waals surface area (Å²) in [7, 11) is 1.54. The van der Waals surface area contributed by atoms with Crippen LogP contribution in [-0.4, -0.2) is 94.7 Å². The number of thiazole rings is 1. The molecule has 3 aliphatic rings. The largest absolute Gasteiger partial charge is 0.504 e. The normalized spacial score (nSPS) is 17.9. The number of aliphatic carboxylic acids is 1. The molecule has 21 heteroatoms. The number of benzene rings is 2. The standard InChI is InChI=1S/C38H36N8O10S3/c1-54-21-10-7-18(8-11-21)15-55-36(53)29-20(4-3-13-57-38-42-23-6-2-5-22(23)31(39)44-38)16-58-34-28(33(50)46(29)34)43-32(49)27(24-17-59-37(40)41-24)45-56-30(35(51)52)19-9-12-25(47)26(48)14-19/h3-4,7-12,14,17,28,30,34,47-48H,2,5-6,13,15-16H2,1H3,(H2,40,41)(H,43,49)(H,51,52)(H2,39,42,44)/b4-3+,45-27-/t28-,30?,34-/m1/s1. The number of aryl methyl sites for hydroxylation is 1. The molecule has 1 aliphatic carbocycles. The lowest BCUT2D eigenvalue weighted by molar-refractivity contribution is -0.153. The first kappa shape index (κ1) is 40.9. The van der Waals surface area contributed by atoms with Gasteiger partial charge in [0.1, 0.15) is 41.0 Å². The number of carboxylic acids is 1. The smallest absolute Gasteiger partial charge is 0.355 e. The lowest BCUT2D eigenvalue weighted by atomic mass is 10.0. The second-order valence-electron chi connectivity index (χ2n) is 13.1. The van der Waals surface area contributed by atoms with Gasteiger partial charge in [0.15, 0.2) is 27.5 Å². The van der Waals surface area contributed by atoms with Gasteiger partial charge < -0.3 is 46.4 Å². The molecular formula is C38H36N8O10S3. The quantitative estimate of drug-likeness (QED) is 0.0190. The molecule has 4 heterocycles. The van der Waals surface area contributed by atoms with Crippen molar-refractivity contribution < 1.29 is 48.8 Å². The Hall–Kier alpha value is -6.32. The van der Waals surface area contributed by atoms with Crippen LogP contribution in [0.1, 0.15) is 40.6 Å². The van der Waals surface area contributed by atoms with E-state index in [1.807, 2.05) is 6.08 Å². The van der Waals surface area contributed by atoms with E-state index in [-0.39, 0.29) is 34.4 Å². The van der Waals surface area contributed by atoms with E-state index in [9.17, 15) is 34.5 Å². The van der Waals surface area contributed by atoms with E-state index < -0.39 is 58.5 Å². The molecule has 2 aromatic heterocycles. The number of carboxylic acid groups (broad SMARTS) is 1. The Balaban J connectivity index is 1.10. The number of β-lactam (4-membered cyclic amide) rings is 1. The van der Waals surface area contributed by atoms with E-state index in [1.165, 1.54) is 39.9 Å². The molecule has 8 N–H and O–H groups in total. The number of nitrogens with two attached hydrogens (primary N) is 2. The number of oxime groups is 1. The van der Waals surface area contributed by atoms with Gasteiger partial charge in [-0.3, -0.25) is 14.5 Å². The number of nitrogens with one attached hydrogen (secondary N) is 1. The average Bonchev–Trinajstić information content (AvgIpc) is 3.89. The summed E-state index contributed by atoms with van der Waals surface area (Å²) in [6.45, 7) is -0.0893.